The summed E-state index contributed by atoms with van der Waals surface area (Å²) >= 11 is 0.884. The summed E-state index contributed by atoms with van der Waals surface area (Å²) in [5, 5.41) is 3.57. The molecule has 0 fully saturated rings. The molecule has 2 N–H and O–H groups in total. The molecule has 0 saturated heterocycles. The van der Waals surface area contributed by atoms with Gasteiger partial charge in [-0.05, 0) is 25.3 Å². The number of hydrogen-bond donors (Lipinski definition) is 2. The van der Waals surface area contributed by atoms with Crippen molar-refractivity contribution in [3.63, 3.8) is 0 Å². The summed E-state index contributed by atoms with van der Waals surface area (Å²) in [7, 11) is -1.65. The summed E-state index contributed by atoms with van der Waals surface area (Å²) in [4.78, 5) is 31.4. The van der Waals surface area contributed by atoms with Crippen LogP contribution in [0, 0.1) is 0 Å². The highest BCUT2D eigenvalue weighted by Gasteiger charge is 2.27. The van der Waals surface area contributed by atoms with Crippen LogP contribution in [0.5, 0.6) is 11.8 Å². The molecule has 0 aliphatic carbocycles. The fourth-order valence-electron chi connectivity index (χ4n) is 1.90. The quantitative estimate of drug-likeness (QED) is 0.626. The Bertz CT molecular complexity index is 950. The van der Waals surface area contributed by atoms with E-state index in [9.17, 15) is 18.0 Å². The molecule has 0 unspecified atom stereocenters. The predicted molar refractivity (Wildman–Crippen MR) is 99.3 cm³/mol. The number of aromatic nitrogens is 2. The number of urea groups is 1. The van der Waals surface area contributed by atoms with E-state index in [1.54, 1.807) is 18.6 Å². The van der Waals surface area contributed by atoms with E-state index in [-0.39, 0.29) is 27.5 Å². The molecule has 0 atom stereocenters. The number of thiophene rings is 1. The number of carbonyl (C=O) groups is 2. The van der Waals surface area contributed by atoms with Gasteiger partial charge in [0, 0.05) is 0 Å². The molecule has 0 radical (unpaired) electrons. The number of ether oxygens (including phenoxy) is 3. The standard InChI is InChI=1S/C15H18N4O7S2/c1-8(2)26-13(20)12-9(5-6-27-12)28(22,23)19-15(21)18-14-16-10(24-3)7-11(17-14)25-4/h5-8H,1-4H3,(H2,16,17,18,19,21). The lowest BCUT2D eigenvalue weighted by Crippen LogP contribution is -2.35. The Hall–Kier alpha value is -2.93. The molecule has 0 aromatic carbocycles. The first-order chi connectivity index (χ1) is 13.2. The van der Waals surface area contributed by atoms with Crippen LogP contribution < -0.4 is 19.5 Å². The van der Waals surface area contributed by atoms with Crippen molar-refractivity contribution in [3.8, 4) is 11.8 Å². The van der Waals surface area contributed by atoms with Gasteiger partial charge in [0.25, 0.3) is 10.0 Å². The van der Waals surface area contributed by atoms with Gasteiger partial charge in [0.1, 0.15) is 9.77 Å². The Labute approximate surface area is 165 Å². The fraction of sp³-hybridized carbons (Fsp3) is 0.333. The van der Waals surface area contributed by atoms with Crippen LogP contribution in [-0.2, 0) is 14.8 Å². The van der Waals surface area contributed by atoms with E-state index in [1.807, 2.05) is 0 Å². The Kier molecular flexibility index (Phi) is 6.75. The minimum absolute atomic E-state index is 0.0987. The number of methoxy groups -OCH3 is 2. The molecule has 2 aromatic rings. The molecule has 0 bridgehead atoms. The molecule has 2 rings (SSSR count). The molecule has 2 aromatic heterocycles. The number of amides is 2. The van der Waals surface area contributed by atoms with E-state index in [4.69, 9.17) is 14.2 Å². The average molecular weight is 430 g/mol. The molecule has 0 spiro atoms. The average Bonchev–Trinajstić information content (AvgIpc) is 3.11. The molecule has 2 amide bonds. The van der Waals surface area contributed by atoms with Crippen molar-refractivity contribution in [1.82, 2.24) is 14.7 Å². The number of carbonyl (C=O) groups excluding carboxylic acids is 2. The second kappa shape index (κ2) is 8.84. The van der Waals surface area contributed by atoms with Crippen molar-refractivity contribution in [2.24, 2.45) is 0 Å². The SMILES string of the molecule is COc1cc(OC)nc(NC(=O)NS(=O)(=O)c2ccsc2C(=O)OC(C)C)n1. The van der Waals surface area contributed by atoms with Gasteiger partial charge in [-0.1, -0.05) is 0 Å². The Balaban J connectivity index is 2.18. The van der Waals surface area contributed by atoms with Crippen molar-refractivity contribution in [2.45, 2.75) is 24.8 Å². The zero-order valence-corrected chi connectivity index (χ0v) is 17.0. The van der Waals surface area contributed by atoms with E-state index < -0.39 is 28.1 Å². The van der Waals surface area contributed by atoms with Crippen LogP contribution in [0.15, 0.2) is 22.4 Å². The molecule has 11 nitrogen and oxygen atoms in total. The monoisotopic (exact) mass is 430 g/mol. The summed E-state index contributed by atoms with van der Waals surface area (Å²) in [6.45, 7) is 3.27. The molecule has 0 aliphatic heterocycles. The third-order valence-electron chi connectivity index (χ3n) is 3.00. The van der Waals surface area contributed by atoms with E-state index in [0.717, 1.165) is 11.3 Å². The van der Waals surface area contributed by atoms with Crippen LogP contribution in [0.4, 0.5) is 10.7 Å². The number of nitrogens with one attached hydrogen (secondary N) is 2. The summed E-state index contributed by atoms with van der Waals surface area (Å²) in [5.41, 5.74) is 0. The fourth-order valence-corrected chi connectivity index (χ4v) is 4.11. The Morgan fingerprint density at radius 1 is 1.14 bits per heavy atom. The van der Waals surface area contributed by atoms with E-state index >= 15 is 0 Å². The maximum absolute atomic E-state index is 12.5. The van der Waals surface area contributed by atoms with E-state index in [1.165, 1.54) is 31.7 Å². The number of hydrogen-bond acceptors (Lipinski definition) is 10. The van der Waals surface area contributed by atoms with Crippen LogP contribution >= 0.6 is 11.3 Å². The molecule has 13 heteroatoms. The van der Waals surface area contributed by atoms with Crippen LogP contribution in [0.3, 0.4) is 0 Å². The van der Waals surface area contributed by atoms with Crippen molar-refractivity contribution in [1.29, 1.82) is 0 Å². The normalized spacial score (nSPS) is 11.0. The van der Waals surface area contributed by atoms with Crippen molar-refractivity contribution >= 4 is 39.3 Å². The first-order valence-electron chi connectivity index (χ1n) is 7.75. The molecular formula is C15H18N4O7S2. The largest absolute Gasteiger partial charge is 0.481 e. The van der Waals surface area contributed by atoms with Gasteiger partial charge in [-0.2, -0.15) is 9.97 Å². The summed E-state index contributed by atoms with van der Waals surface area (Å²) in [6, 6.07) is 1.43. The van der Waals surface area contributed by atoms with Gasteiger partial charge in [0.05, 0.1) is 26.4 Å². The molecule has 0 aliphatic rings. The van der Waals surface area contributed by atoms with Gasteiger partial charge in [-0.15, -0.1) is 11.3 Å². The van der Waals surface area contributed by atoms with Crippen LogP contribution in [0.2, 0.25) is 0 Å². The highest BCUT2D eigenvalue weighted by atomic mass is 32.2. The van der Waals surface area contributed by atoms with Gasteiger partial charge in [0.2, 0.25) is 17.7 Å². The lowest BCUT2D eigenvalue weighted by atomic mass is 10.4. The minimum Gasteiger partial charge on any atom is -0.481 e. The molecule has 0 saturated carbocycles. The molecular weight excluding hydrogens is 412 g/mol. The summed E-state index contributed by atoms with van der Waals surface area (Å²) < 4.78 is 41.7. The zero-order chi connectivity index (χ0) is 20.9. The first-order valence-corrected chi connectivity index (χ1v) is 10.1. The van der Waals surface area contributed by atoms with Crippen molar-refractivity contribution < 1.29 is 32.2 Å². The zero-order valence-electron chi connectivity index (χ0n) is 15.4. The summed E-state index contributed by atoms with van der Waals surface area (Å²) in [6.07, 6.45) is -0.429. The lowest BCUT2D eigenvalue weighted by molar-refractivity contribution is 0.0379. The number of anilines is 1. The number of esters is 1. The maximum atomic E-state index is 12.5. The van der Waals surface area contributed by atoms with Crippen LogP contribution in [0.25, 0.3) is 0 Å². The van der Waals surface area contributed by atoms with E-state index in [2.05, 4.69) is 15.3 Å². The molecule has 2 heterocycles. The van der Waals surface area contributed by atoms with Crippen LogP contribution in [0.1, 0.15) is 23.5 Å². The van der Waals surface area contributed by atoms with Crippen molar-refractivity contribution in [3.05, 3.63) is 22.4 Å². The minimum atomic E-state index is -4.35. The number of nitrogens with zero attached hydrogens (tertiary/aromatic N) is 2. The van der Waals surface area contributed by atoms with E-state index in [0.29, 0.717) is 0 Å². The summed E-state index contributed by atoms with van der Waals surface area (Å²) in [5.74, 6) is -0.844. The van der Waals surface area contributed by atoms with Gasteiger partial charge < -0.3 is 14.2 Å². The third kappa shape index (κ3) is 5.29. The Morgan fingerprint density at radius 3 is 2.29 bits per heavy atom. The van der Waals surface area contributed by atoms with Gasteiger partial charge in [0.15, 0.2) is 0 Å². The predicted octanol–water partition coefficient (Wildman–Crippen LogP) is 1.63. The first kappa shape index (κ1) is 21.4. The second-order valence-corrected chi connectivity index (χ2v) is 7.97. The lowest BCUT2D eigenvalue weighted by Gasteiger charge is -2.11. The highest BCUT2D eigenvalue weighted by molar-refractivity contribution is 7.90. The van der Waals surface area contributed by atoms with Gasteiger partial charge in [-0.25, -0.2) is 22.7 Å². The van der Waals surface area contributed by atoms with Crippen molar-refractivity contribution in [2.75, 3.05) is 19.5 Å². The molecule has 152 valence electrons. The number of sulfonamides is 1. The second-order valence-electron chi connectivity index (χ2n) is 5.40. The maximum Gasteiger partial charge on any atom is 0.349 e. The van der Waals surface area contributed by atoms with Gasteiger partial charge >= 0.3 is 12.0 Å². The number of rotatable bonds is 7. The highest BCUT2D eigenvalue weighted by Crippen LogP contribution is 2.23. The van der Waals surface area contributed by atoms with Gasteiger partial charge in [-0.3, -0.25) is 5.32 Å². The Morgan fingerprint density at radius 2 is 1.75 bits per heavy atom. The third-order valence-corrected chi connectivity index (χ3v) is 5.39. The topological polar surface area (TPSA) is 146 Å². The van der Waals surface area contributed by atoms with Crippen LogP contribution in [-0.4, -0.2) is 50.7 Å². The molecule has 28 heavy (non-hydrogen) atoms. The smallest absolute Gasteiger partial charge is 0.349 e.